The molecule has 2 rings (SSSR count). The van der Waals surface area contributed by atoms with Crippen molar-refractivity contribution < 1.29 is 5.11 Å². The molecule has 4 nitrogen and oxygen atoms in total. The van der Waals surface area contributed by atoms with Crippen LogP contribution in [0.3, 0.4) is 0 Å². The van der Waals surface area contributed by atoms with Crippen LogP contribution in [0.5, 0.6) is 0 Å². The van der Waals surface area contributed by atoms with Gasteiger partial charge in [-0.2, -0.15) is 0 Å². The van der Waals surface area contributed by atoms with Crippen molar-refractivity contribution in [3.63, 3.8) is 0 Å². The number of rotatable bonds is 7. The van der Waals surface area contributed by atoms with Crippen molar-refractivity contribution in [2.45, 2.75) is 70.0 Å². The van der Waals surface area contributed by atoms with Gasteiger partial charge in [-0.1, -0.05) is 13.3 Å². The van der Waals surface area contributed by atoms with Crippen molar-refractivity contribution >= 4 is 0 Å². The van der Waals surface area contributed by atoms with Gasteiger partial charge in [-0.05, 0) is 59.2 Å². The molecule has 0 aromatic rings. The Labute approximate surface area is 130 Å². The van der Waals surface area contributed by atoms with E-state index in [2.05, 4.69) is 29.0 Å². The second-order valence-corrected chi connectivity index (χ2v) is 7.13. The molecule has 0 aromatic carbocycles. The van der Waals surface area contributed by atoms with Crippen LogP contribution < -0.4 is 5.32 Å². The van der Waals surface area contributed by atoms with Crippen molar-refractivity contribution in [2.24, 2.45) is 0 Å². The van der Waals surface area contributed by atoms with Crippen molar-refractivity contribution in [1.82, 2.24) is 15.1 Å². The quantitative estimate of drug-likeness (QED) is 0.750. The number of likely N-dealkylation sites (N-methyl/N-ethyl adjacent to an activating group) is 1. The molecule has 0 saturated carbocycles. The van der Waals surface area contributed by atoms with Crippen LogP contribution in [-0.2, 0) is 0 Å². The molecule has 4 heteroatoms. The maximum absolute atomic E-state index is 9.64. The molecule has 0 spiro atoms. The van der Waals surface area contributed by atoms with Crippen molar-refractivity contribution in [2.75, 3.05) is 39.8 Å². The van der Waals surface area contributed by atoms with Crippen LogP contribution in [0.25, 0.3) is 0 Å². The number of hydrogen-bond acceptors (Lipinski definition) is 4. The van der Waals surface area contributed by atoms with E-state index in [4.69, 9.17) is 0 Å². The predicted octanol–water partition coefficient (Wildman–Crippen LogP) is 1.69. The van der Waals surface area contributed by atoms with Gasteiger partial charge in [0, 0.05) is 30.7 Å². The summed E-state index contributed by atoms with van der Waals surface area (Å²) in [4.78, 5) is 5.39. The van der Waals surface area contributed by atoms with Crippen LogP contribution in [0.2, 0.25) is 0 Å². The Balaban J connectivity index is 1.80. The van der Waals surface area contributed by atoms with Gasteiger partial charge in [0.2, 0.25) is 0 Å². The van der Waals surface area contributed by atoms with E-state index in [0.717, 1.165) is 18.9 Å². The topological polar surface area (TPSA) is 38.7 Å². The highest BCUT2D eigenvalue weighted by molar-refractivity contribution is 4.90. The highest BCUT2D eigenvalue weighted by Crippen LogP contribution is 2.25. The summed E-state index contributed by atoms with van der Waals surface area (Å²) in [5.41, 5.74) is -0.0735. The lowest BCUT2D eigenvalue weighted by Gasteiger charge is -2.47. The largest absolute Gasteiger partial charge is 0.394 e. The van der Waals surface area contributed by atoms with E-state index in [9.17, 15) is 5.11 Å². The fourth-order valence-electron chi connectivity index (χ4n) is 4.09. The van der Waals surface area contributed by atoms with Gasteiger partial charge in [0.25, 0.3) is 0 Å². The van der Waals surface area contributed by atoms with E-state index >= 15 is 0 Å². The minimum atomic E-state index is -0.0735. The predicted molar refractivity (Wildman–Crippen MR) is 88.6 cm³/mol. The molecule has 0 bridgehead atoms. The molecule has 2 N–H and O–H groups in total. The molecule has 2 heterocycles. The summed E-state index contributed by atoms with van der Waals surface area (Å²) in [6.45, 7) is 9.76. The van der Waals surface area contributed by atoms with Gasteiger partial charge in [0.1, 0.15) is 0 Å². The number of aliphatic hydroxyl groups is 1. The zero-order valence-corrected chi connectivity index (χ0v) is 14.3. The number of nitrogens with zero attached hydrogens (tertiary/aromatic N) is 2. The molecule has 2 aliphatic rings. The maximum atomic E-state index is 9.64. The van der Waals surface area contributed by atoms with Crippen LogP contribution in [0.15, 0.2) is 0 Å². The van der Waals surface area contributed by atoms with Gasteiger partial charge in [-0.15, -0.1) is 0 Å². The summed E-state index contributed by atoms with van der Waals surface area (Å²) in [6.07, 6.45) is 7.41. The smallest absolute Gasteiger partial charge is 0.0613 e. The molecule has 0 aromatic heterocycles. The van der Waals surface area contributed by atoms with E-state index in [-0.39, 0.29) is 12.1 Å². The lowest BCUT2D eigenvalue weighted by molar-refractivity contribution is 0.0129. The third-order valence-corrected chi connectivity index (χ3v) is 5.93. The number of aliphatic hydroxyl groups excluding tert-OH is 1. The first-order valence-corrected chi connectivity index (χ1v) is 8.92. The molecular weight excluding hydrogens is 262 g/mol. The highest BCUT2D eigenvalue weighted by atomic mass is 16.3. The van der Waals surface area contributed by atoms with Crippen molar-refractivity contribution in [3.05, 3.63) is 0 Å². The molecule has 0 amide bonds. The fourth-order valence-corrected chi connectivity index (χ4v) is 4.09. The molecule has 0 radical (unpaired) electrons. The first kappa shape index (κ1) is 17.2. The Morgan fingerprint density at radius 1 is 1.29 bits per heavy atom. The molecule has 2 saturated heterocycles. The molecular formula is C17H35N3O. The van der Waals surface area contributed by atoms with Gasteiger partial charge in [0.15, 0.2) is 0 Å². The number of nitrogens with one attached hydrogen (secondary N) is 1. The summed E-state index contributed by atoms with van der Waals surface area (Å²) in [7, 11) is 1.98. The minimum Gasteiger partial charge on any atom is -0.394 e. The number of fused-ring (bicyclic) bond motifs is 1. The van der Waals surface area contributed by atoms with Crippen molar-refractivity contribution in [3.8, 4) is 0 Å². The fraction of sp³-hybridized carbons (Fsp3) is 1.00. The van der Waals surface area contributed by atoms with Crippen LogP contribution in [0.4, 0.5) is 0 Å². The first-order chi connectivity index (χ1) is 10.1. The molecule has 2 aliphatic heterocycles. The van der Waals surface area contributed by atoms with E-state index < -0.39 is 0 Å². The molecule has 0 aliphatic carbocycles. The molecule has 21 heavy (non-hydrogen) atoms. The third kappa shape index (κ3) is 4.19. The van der Waals surface area contributed by atoms with E-state index in [1.54, 1.807) is 0 Å². The summed E-state index contributed by atoms with van der Waals surface area (Å²) in [5, 5.41) is 13.0. The lowest BCUT2D eigenvalue weighted by Crippen LogP contribution is -2.58. The van der Waals surface area contributed by atoms with Gasteiger partial charge >= 0.3 is 0 Å². The molecule has 3 unspecified atom stereocenters. The monoisotopic (exact) mass is 297 g/mol. The van der Waals surface area contributed by atoms with E-state index in [1.165, 1.54) is 51.9 Å². The van der Waals surface area contributed by atoms with Crippen LogP contribution in [0, 0.1) is 0 Å². The Bertz CT molecular complexity index is 298. The Kier molecular flexibility index (Phi) is 6.48. The van der Waals surface area contributed by atoms with Gasteiger partial charge in [0.05, 0.1) is 6.61 Å². The second-order valence-electron chi connectivity index (χ2n) is 7.13. The third-order valence-electron chi connectivity index (χ3n) is 5.93. The highest BCUT2D eigenvalue weighted by Gasteiger charge is 2.33. The summed E-state index contributed by atoms with van der Waals surface area (Å²) in [5.74, 6) is 0. The van der Waals surface area contributed by atoms with Gasteiger partial charge in [-0.25, -0.2) is 0 Å². The van der Waals surface area contributed by atoms with Crippen LogP contribution in [0.1, 0.15) is 52.4 Å². The Morgan fingerprint density at radius 3 is 2.76 bits per heavy atom. The number of hydrogen-bond donors (Lipinski definition) is 2. The Hall–Kier alpha value is -0.160. The SMILES string of the molecule is CCC(CO)(CCCN1CC2CCCCN2CC1C)NC. The maximum Gasteiger partial charge on any atom is 0.0613 e. The van der Waals surface area contributed by atoms with Gasteiger partial charge in [-0.3, -0.25) is 9.80 Å². The summed E-state index contributed by atoms with van der Waals surface area (Å²) < 4.78 is 0. The second kappa shape index (κ2) is 7.91. The normalized spacial score (nSPS) is 30.9. The zero-order valence-electron chi connectivity index (χ0n) is 14.3. The van der Waals surface area contributed by atoms with Crippen molar-refractivity contribution in [1.29, 1.82) is 0 Å². The molecule has 2 fully saturated rings. The minimum absolute atomic E-state index is 0.0735. The molecule has 124 valence electrons. The number of piperazine rings is 1. The average Bonchev–Trinajstić information content (AvgIpc) is 2.52. The Morgan fingerprint density at radius 2 is 2.10 bits per heavy atom. The van der Waals surface area contributed by atoms with E-state index in [0.29, 0.717) is 6.04 Å². The van der Waals surface area contributed by atoms with Crippen LogP contribution >= 0.6 is 0 Å². The average molecular weight is 297 g/mol. The van der Waals surface area contributed by atoms with E-state index in [1.807, 2.05) is 7.05 Å². The standard InChI is InChI=1S/C17H35N3O/c1-4-17(14-21,18-3)9-7-11-19-13-16-8-5-6-10-20(16)12-15(19)2/h15-16,18,21H,4-14H2,1-3H3. The molecule has 3 atom stereocenters. The number of piperidine rings is 1. The summed E-state index contributed by atoms with van der Waals surface area (Å²) >= 11 is 0. The first-order valence-electron chi connectivity index (χ1n) is 8.92. The lowest BCUT2D eigenvalue weighted by atomic mass is 9.91. The zero-order chi connectivity index (χ0) is 15.3. The summed E-state index contributed by atoms with van der Waals surface area (Å²) in [6, 6.07) is 1.48. The van der Waals surface area contributed by atoms with Crippen LogP contribution in [-0.4, -0.2) is 72.4 Å². The van der Waals surface area contributed by atoms with Gasteiger partial charge < -0.3 is 10.4 Å².